The van der Waals surface area contributed by atoms with Crippen LogP contribution < -0.4 is 10.6 Å². The van der Waals surface area contributed by atoms with Crippen molar-refractivity contribution in [3.63, 3.8) is 0 Å². The Kier molecular flexibility index (Phi) is 7.58. The summed E-state index contributed by atoms with van der Waals surface area (Å²) in [5.74, 6) is -0.414. The van der Waals surface area contributed by atoms with E-state index in [1.54, 1.807) is 24.3 Å². The fourth-order valence-electron chi connectivity index (χ4n) is 5.45. The van der Waals surface area contributed by atoms with Crippen molar-refractivity contribution in [3.8, 4) is 0 Å². The van der Waals surface area contributed by atoms with Crippen molar-refractivity contribution in [2.75, 3.05) is 13.1 Å². The zero-order chi connectivity index (χ0) is 25.8. The Morgan fingerprint density at radius 2 is 1.35 bits per heavy atom. The summed E-state index contributed by atoms with van der Waals surface area (Å²) in [7, 11) is -3.62. The van der Waals surface area contributed by atoms with Crippen LogP contribution in [0, 0.1) is 5.92 Å². The molecule has 0 bridgehead atoms. The first kappa shape index (κ1) is 25.4. The van der Waals surface area contributed by atoms with Crippen LogP contribution in [0.25, 0.3) is 10.8 Å². The van der Waals surface area contributed by atoms with Gasteiger partial charge >= 0.3 is 0 Å². The average molecular weight is 520 g/mol. The molecule has 194 valence electrons. The molecule has 5 rings (SSSR count). The van der Waals surface area contributed by atoms with E-state index in [1.807, 2.05) is 48.5 Å². The Morgan fingerprint density at radius 3 is 2.05 bits per heavy atom. The predicted molar refractivity (Wildman–Crippen MR) is 144 cm³/mol. The molecule has 0 spiro atoms. The second kappa shape index (κ2) is 11.0. The van der Waals surface area contributed by atoms with Crippen LogP contribution in [-0.2, 0) is 14.8 Å². The molecule has 1 saturated carbocycles. The van der Waals surface area contributed by atoms with E-state index in [-0.39, 0.29) is 34.7 Å². The number of carbonyl (C=O) groups is 2. The van der Waals surface area contributed by atoms with Crippen LogP contribution in [0.2, 0.25) is 0 Å². The molecule has 1 saturated heterocycles. The second-order valence-electron chi connectivity index (χ2n) is 10.0. The number of hydrogen-bond acceptors (Lipinski definition) is 4. The number of fused-ring (bicyclic) bond motifs is 1. The maximum absolute atomic E-state index is 13.3. The molecular weight excluding hydrogens is 486 g/mol. The summed E-state index contributed by atoms with van der Waals surface area (Å²) >= 11 is 0. The van der Waals surface area contributed by atoms with Crippen LogP contribution in [-0.4, -0.2) is 49.7 Å². The zero-order valence-electron chi connectivity index (χ0n) is 20.8. The van der Waals surface area contributed by atoms with Crippen LogP contribution in [0.4, 0.5) is 0 Å². The summed E-state index contributed by atoms with van der Waals surface area (Å²) < 4.78 is 28.0. The van der Waals surface area contributed by atoms with Crippen molar-refractivity contribution in [2.24, 2.45) is 5.92 Å². The maximum atomic E-state index is 13.3. The van der Waals surface area contributed by atoms with Gasteiger partial charge in [-0.05, 0) is 60.7 Å². The van der Waals surface area contributed by atoms with Gasteiger partial charge in [0.05, 0.1) is 4.90 Å². The lowest BCUT2D eigenvalue weighted by Gasteiger charge is -2.35. The molecule has 3 aromatic carbocycles. The molecule has 2 atom stereocenters. The summed E-state index contributed by atoms with van der Waals surface area (Å²) in [6.07, 6.45) is 4.62. The Bertz CT molecular complexity index is 1370. The van der Waals surface area contributed by atoms with E-state index in [0.717, 1.165) is 36.5 Å². The van der Waals surface area contributed by atoms with Crippen LogP contribution in [0.3, 0.4) is 0 Å². The Labute approximate surface area is 218 Å². The highest BCUT2D eigenvalue weighted by molar-refractivity contribution is 7.89. The van der Waals surface area contributed by atoms with Gasteiger partial charge in [-0.3, -0.25) is 9.59 Å². The molecular formula is C29H33N3O4S. The molecule has 1 aliphatic heterocycles. The maximum Gasteiger partial charge on any atom is 0.251 e. The van der Waals surface area contributed by atoms with E-state index >= 15 is 0 Å². The fourth-order valence-corrected chi connectivity index (χ4v) is 6.96. The van der Waals surface area contributed by atoms with Gasteiger partial charge in [0.2, 0.25) is 15.9 Å². The standard InChI is InChI=1S/C29H33N3O4S/c33-28(22-9-2-1-3-10-22)30-26-12-6-7-13-27(26)31-29(34)23-16-18-32(19-17-23)37(35,36)25-15-14-21-8-4-5-11-24(21)20-25/h1-5,8-11,14-15,20,23,26-27H,6-7,12-13,16-19H2,(H,30,33)(H,31,34)/t26-,27-/m1/s1. The number of nitrogens with zero attached hydrogens (tertiary/aromatic N) is 1. The van der Waals surface area contributed by atoms with E-state index in [9.17, 15) is 18.0 Å². The average Bonchev–Trinajstić information content (AvgIpc) is 2.94. The molecule has 8 heteroatoms. The van der Waals surface area contributed by atoms with E-state index in [1.165, 1.54) is 4.31 Å². The van der Waals surface area contributed by atoms with Crippen molar-refractivity contribution >= 4 is 32.6 Å². The molecule has 2 fully saturated rings. The van der Waals surface area contributed by atoms with Gasteiger partial charge in [-0.1, -0.05) is 61.4 Å². The Balaban J connectivity index is 1.18. The van der Waals surface area contributed by atoms with Gasteiger partial charge in [0.15, 0.2) is 0 Å². The van der Waals surface area contributed by atoms with Crippen LogP contribution >= 0.6 is 0 Å². The van der Waals surface area contributed by atoms with Gasteiger partial charge in [0, 0.05) is 36.7 Å². The van der Waals surface area contributed by atoms with Crippen LogP contribution in [0.5, 0.6) is 0 Å². The lowest BCUT2D eigenvalue weighted by Crippen LogP contribution is -2.55. The second-order valence-corrected chi connectivity index (χ2v) is 12.0. The highest BCUT2D eigenvalue weighted by Crippen LogP contribution is 2.27. The fraction of sp³-hybridized carbons (Fsp3) is 0.379. The molecule has 2 N–H and O–H groups in total. The Hall–Kier alpha value is -3.23. The highest BCUT2D eigenvalue weighted by atomic mass is 32.2. The number of sulfonamides is 1. The first-order chi connectivity index (χ1) is 17.9. The summed E-state index contributed by atoms with van der Waals surface area (Å²) in [5, 5.41) is 8.18. The minimum atomic E-state index is -3.62. The van der Waals surface area contributed by atoms with Crippen molar-refractivity contribution in [1.29, 1.82) is 0 Å². The lowest BCUT2D eigenvalue weighted by atomic mass is 9.88. The summed E-state index contributed by atoms with van der Waals surface area (Å²) in [4.78, 5) is 26.1. The number of nitrogens with one attached hydrogen (secondary N) is 2. The smallest absolute Gasteiger partial charge is 0.251 e. The molecule has 0 radical (unpaired) electrons. The molecule has 2 aliphatic rings. The number of rotatable bonds is 6. The predicted octanol–water partition coefficient (Wildman–Crippen LogP) is 4.10. The van der Waals surface area contributed by atoms with Gasteiger partial charge in [0.1, 0.15) is 0 Å². The topological polar surface area (TPSA) is 95.6 Å². The largest absolute Gasteiger partial charge is 0.351 e. The monoisotopic (exact) mass is 519 g/mol. The molecule has 1 heterocycles. The van der Waals surface area contributed by atoms with Gasteiger partial charge in [0.25, 0.3) is 5.91 Å². The lowest BCUT2D eigenvalue weighted by molar-refractivity contribution is -0.127. The molecule has 0 aromatic heterocycles. The minimum absolute atomic E-state index is 0.0476. The van der Waals surface area contributed by atoms with Gasteiger partial charge < -0.3 is 10.6 Å². The van der Waals surface area contributed by atoms with Gasteiger partial charge in [-0.25, -0.2) is 8.42 Å². The number of carbonyl (C=O) groups excluding carboxylic acids is 2. The van der Waals surface area contributed by atoms with Crippen LogP contribution in [0.1, 0.15) is 48.9 Å². The van der Waals surface area contributed by atoms with E-state index in [0.29, 0.717) is 31.5 Å². The van der Waals surface area contributed by atoms with E-state index in [4.69, 9.17) is 0 Å². The third kappa shape index (κ3) is 5.70. The third-order valence-electron chi connectivity index (χ3n) is 7.63. The third-order valence-corrected chi connectivity index (χ3v) is 9.52. The van der Waals surface area contributed by atoms with Gasteiger partial charge in [-0.2, -0.15) is 4.31 Å². The number of hydrogen-bond donors (Lipinski definition) is 2. The molecule has 0 unspecified atom stereocenters. The molecule has 3 aromatic rings. The first-order valence-electron chi connectivity index (χ1n) is 13.1. The number of benzene rings is 3. The molecule has 7 nitrogen and oxygen atoms in total. The quantitative estimate of drug-likeness (QED) is 0.513. The Morgan fingerprint density at radius 1 is 0.730 bits per heavy atom. The molecule has 1 aliphatic carbocycles. The van der Waals surface area contributed by atoms with E-state index < -0.39 is 10.0 Å². The minimum Gasteiger partial charge on any atom is -0.351 e. The van der Waals surface area contributed by atoms with Crippen molar-refractivity contribution in [1.82, 2.24) is 14.9 Å². The zero-order valence-corrected chi connectivity index (χ0v) is 21.6. The molecule has 2 amide bonds. The normalized spacial score (nSPS) is 21.4. The molecule has 37 heavy (non-hydrogen) atoms. The summed E-state index contributed by atoms with van der Waals surface area (Å²) in [5.41, 5.74) is 0.609. The van der Waals surface area contributed by atoms with Crippen molar-refractivity contribution in [2.45, 2.75) is 55.5 Å². The highest BCUT2D eigenvalue weighted by Gasteiger charge is 2.34. The van der Waals surface area contributed by atoms with E-state index in [2.05, 4.69) is 10.6 Å². The van der Waals surface area contributed by atoms with Gasteiger partial charge in [-0.15, -0.1) is 0 Å². The SMILES string of the molecule is O=C(N[C@@H]1CCCC[C@H]1NC(=O)C1CCN(S(=O)(=O)c2ccc3ccccc3c2)CC1)c1ccccc1. The van der Waals surface area contributed by atoms with Crippen molar-refractivity contribution in [3.05, 3.63) is 78.4 Å². The number of amides is 2. The summed E-state index contributed by atoms with van der Waals surface area (Å²) in [6.45, 7) is 0.623. The first-order valence-corrected chi connectivity index (χ1v) is 14.5. The van der Waals surface area contributed by atoms with Crippen molar-refractivity contribution < 1.29 is 18.0 Å². The summed E-state index contributed by atoms with van der Waals surface area (Å²) in [6, 6.07) is 21.8. The number of piperidine rings is 1. The van der Waals surface area contributed by atoms with Crippen LogP contribution in [0.15, 0.2) is 77.7 Å².